The Labute approximate surface area is 155 Å². The average molecular weight is 413 g/mol. The van der Waals surface area contributed by atoms with Crippen molar-refractivity contribution in [2.75, 3.05) is 19.6 Å². The molecule has 3 rings (SSSR count). The molecule has 0 spiro atoms. The molecule has 1 amide bonds. The van der Waals surface area contributed by atoms with Crippen molar-refractivity contribution in [2.45, 2.75) is 13.3 Å². The lowest BCUT2D eigenvalue weighted by Gasteiger charge is -2.14. The molecule has 0 saturated carbocycles. The zero-order chi connectivity index (χ0) is 16.2. The van der Waals surface area contributed by atoms with E-state index in [0.29, 0.717) is 12.2 Å². The summed E-state index contributed by atoms with van der Waals surface area (Å²) in [5, 5.41) is 14.3. The van der Waals surface area contributed by atoms with Crippen LogP contribution in [0.25, 0.3) is 5.69 Å². The average Bonchev–Trinajstić information content (AvgIpc) is 2.95. The molecule has 2 aromatic rings. The fraction of sp³-hybridized carbons (Fsp3) is 0.312. The molecule has 6 nitrogen and oxygen atoms in total. The highest BCUT2D eigenvalue weighted by atomic mass is 79.9. The van der Waals surface area contributed by atoms with Crippen LogP contribution in [0.4, 0.5) is 0 Å². The van der Waals surface area contributed by atoms with Crippen LogP contribution in [-0.4, -0.2) is 40.5 Å². The fourth-order valence-electron chi connectivity index (χ4n) is 2.50. The molecule has 0 saturated heterocycles. The number of nitrogens with zero attached hydrogens (tertiary/aromatic N) is 3. The van der Waals surface area contributed by atoms with Gasteiger partial charge in [-0.3, -0.25) is 4.79 Å². The molecule has 1 aromatic heterocycles. The van der Waals surface area contributed by atoms with E-state index in [1.54, 1.807) is 4.68 Å². The van der Waals surface area contributed by atoms with Gasteiger partial charge in [0.05, 0.1) is 11.4 Å². The van der Waals surface area contributed by atoms with Gasteiger partial charge in [-0.15, -0.1) is 17.5 Å². The topological polar surface area (TPSA) is 71.8 Å². The molecular formula is C16H19BrClN5O. The maximum Gasteiger partial charge on any atom is 0.274 e. The highest BCUT2D eigenvalue weighted by Crippen LogP contribution is 2.17. The largest absolute Gasteiger partial charge is 0.347 e. The van der Waals surface area contributed by atoms with Crippen LogP contribution in [0, 0.1) is 6.92 Å². The lowest BCUT2D eigenvalue weighted by atomic mass is 10.1. The number of hydrogen-bond donors (Lipinski definition) is 2. The number of carbonyl (C=O) groups is 1. The van der Waals surface area contributed by atoms with E-state index in [9.17, 15) is 4.79 Å². The van der Waals surface area contributed by atoms with Crippen molar-refractivity contribution in [1.29, 1.82) is 0 Å². The molecule has 8 heteroatoms. The van der Waals surface area contributed by atoms with Crippen molar-refractivity contribution < 1.29 is 4.79 Å². The Morgan fingerprint density at radius 1 is 1.46 bits per heavy atom. The SMILES string of the molecule is Cc1c(C(=O)NCC2=CCNCC2)nnn1-c1cccc(Br)c1.Cl. The fourth-order valence-corrected chi connectivity index (χ4v) is 2.89. The van der Waals surface area contributed by atoms with E-state index in [0.717, 1.165) is 35.4 Å². The number of amides is 1. The molecule has 24 heavy (non-hydrogen) atoms. The summed E-state index contributed by atoms with van der Waals surface area (Å²) in [6, 6.07) is 7.72. The Morgan fingerprint density at radius 3 is 3.00 bits per heavy atom. The molecule has 0 aliphatic carbocycles. The van der Waals surface area contributed by atoms with Gasteiger partial charge in [0, 0.05) is 17.6 Å². The highest BCUT2D eigenvalue weighted by molar-refractivity contribution is 9.10. The lowest BCUT2D eigenvalue weighted by molar-refractivity contribution is 0.0951. The van der Waals surface area contributed by atoms with E-state index in [2.05, 4.69) is 43.0 Å². The van der Waals surface area contributed by atoms with Crippen molar-refractivity contribution in [3.8, 4) is 5.69 Å². The molecule has 1 aliphatic rings. The second-order valence-electron chi connectivity index (χ2n) is 5.41. The van der Waals surface area contributed by atoms with Gasteiger partial charge < -0.3 is 10.6 Å². The summed E-state index contributed by atoms with van der Waals surface area (Å²) in [5.74, 6) is -0.192. The summed E-state index contributed by atoms with van der Waals surface area (Å²) in [7, 11) is 0. The van der Waals surface area contributed by atoms with Gasteiger partial charge in [-0.1, -0.05) is 38.9 Å². The minimum Gasteiger partial charge on any atom is -0.347 e. The second kappa shape index (κ2) is 8.41. The van der Waals surface area contributed by atoms with Gasteiger partial charge in [0.25, 0.3) is 5.91 Å². The van der Waals surface area contributed by atoms with Crippen LogP contribution in [0.5, 0.6) is 0 Å². The Bertz CT molecular complexity index is 759. The molecule has 0 unspecified atom stereocenters. The summed E-state index contributed by atoms with van der Waals surface area (Å²) in [5.41, 5.74) is 3.19. The van der Waals surface area contributed by atoms with E-state index >= 15 is 0 Å². The van der Waals surface area contributed by atoms with Crippen LogP contribution >= 0.6 is 28.3 Å². The molecule has 2 heterocycles. The third-order valence-electron chi connectivity index (χ3n) is 3.80. The molecule has 0 radical (unpaired) electrons. The third-order valence-corrected chi connectivity index (χ3v) is 4.29. The quantitative estimate of drug-likeness (QED) is 0.757. The van der Waals surface area contributed by atoms with Gasteiger partial charge in [0.1, 0.15) is 0 Å². The van der Waals surface area contributed by atoms with Crippen molar-refractivity contribution in [3.05, 3.63) is 51.8 Å². The standard InChI is InChI=1S/C16H18BrN5O.ClH/c1-11-15(16(23)19-10-12-5-7-18-8-6-12)20-21-22(11)14-4-2-3-13(17)9-14;/h2-5,9,18H,6-8,10H2,1H3,(H,19,23);1H. The van der Waals surface area contributed by atoms with E-state index in [1.807, 2.05) is 31.2 Å². The normalized spacial score (nSPS) is 13.8. The first-order valence-corrected chi connectivity index (χ1v) is 8.29. The van der Waals surface area contributed by atoms with Crippen LogP contribution in [-0.2, 0) is 0 Å². The monoisotopic (exact) mass is 411 g/mol. The first-order valence-electron chi connectivity index (χ1n) is 7.50. The van der Waals surface area contributed by atoms with E-state index in [1.165, 1.54) is 5.57 Å². The molecule has 0 atom stereocenters. The van der Waals surface area contributed by atoms with Gasteiger partial charge >= 0.3 is 0 Å². The van der Waals surface area contributed by atoms with Crippen LogP contribution in [0.3, 0.4) is 0 Å². The molecular weight excluding hydrogens is 394 g/mol. The minimum atomic E-state index is -0.192. The lowest BCUT2D eigenvalue weighted by Crippen LogP contribution is -2.30. The number of carbonyl (C=O) groups excluding carboxylic acids is 1. The minimum absolute atomic E-state index is 0. The molecule has 0 bridgehead atoms. The maximum absolute atomic E-state index is 12.3. The summed E-state index contributed by atoms with van der Waals surface area (Å²) >= 11 is 3.44. The molecule has 1 aromatic carbocycles. The number of nitrogens with one attached hydrogen (secondary N) is 2. The Balaban J connectivity index is 0.00000208. The number of hydrogen-bond acceptors (Lipinski definition) is 4. The number of aromatic nitrogens is 3. The van der Waals surface area contributed by atoms with Crippen LogP contribution in [0.15, 0.2) is 40.4 Å². The second-order valence-corrected chi connectivity index (χ2v) is 6.33. The first kappa shape index (κ1) is 18.6. The summed E-state index contributed by atoms with van der Waals surface area (Å²) in [6.07, 6.45) is 3.08. The summed E-state index contributed by atoms with van der Waals surface area (Å²) in [4.78, 5) is 12.3. The summed E-state index contributed by atoms with van der Waals surface area (Å²) in [6.45, 7) is 4.23. The van der Waals surface area contributed by atoms with Crippen molar-refractivity contribution >= 4 is 34.2 Å². The predicted molar refractivity (Wildman–Crippen MR) is 98.9 cm³/mol. The van der Waals surface area contributed by atoms with Crippen LogP contribution < -0.4 is 10.6 Å². The van der Waals surface area contributed by atoms with Gasteiger partial charge in [-0.2, -0.15) is 0 Å². The van der Waals surface area contributed by atoms with Crippen molar-refractivity contribution in [3.63, 3.8) is 0 Å². The first-order chi connectivity index (χ1) is 11.1. The van der Waals surface area contributed by atoms with E-state index in [4.69, 9.17) is 0 Å². The van der Waals surface area contributed by atoms with Crippen LogP contribution in [0.1, 0.15) is 22.6 Å². The number of halogens is 2. The number of benzene rings is 1. The molecule has 1 aliphatic heterocycles. The number of rotatable bonds is 4. The highest BCUT2D eigenvalue weighted by Gasteiger charge is 2.17. The smallest absolute Gasteiger partial charge is 0.274 e. The van der Waals surface area contributed by atoms with Gasteiger partial charge in [0.15, 0.2) is 5.69 Å². The van der Waals surface area contributed by atoms with E-state index in [-0.39, 0.29) is 18.3 Å². The van der Waals surface area contributed by atoms with Crippen LogP contribution in [0.2, 0.25) is 0 Å². The van der Waals surface area contributed by atoms with Crippen molar-refractivity contribution in [1.82, 2.24) is 25.6 Å². The molecule has 128 valence electrons. The van der Waals surface area contributed by atoms with E-state index < -0.39 is 0 Å². The Kier molecular flexibility index (Phi) is 6.53. The third kappa shape index (κ3) is 4.23. The zero-order valence-corrected chi connectivity index (χ0v) is 15.7. The maximum atomic E-state index is 12.3. The Morgan fingerprint density at radius 2 is 2.29 bits per heavy atom. The van der Waals surface area contributed by atoms with Gasteiger partial charge in [0.2, 0.25) is 0 Å². The predicted octanol–water partition coefficient (Wildman–Crippen LogP) is 2.41. The van der Waals surface area contributed by atoms with Crippen molar-refractivity contribution in [2.24, 2.45) is 0 Å². The summed E-state index contributed by atoms with van der Waals surface area (Å²) < 4.78 is 2.62. The van der Waals surface area contributed by atoms with Gasteiger partial charge in [-0.05, 0) is 38.1 Å². The van der Waals surface area contributed by atoms with Gasteiger partial charge in [-0.25, -0.2) is 4.68 Å². The Hall–Kier alpha value is -1.70. The molecule has 0 fully saturated rings. The zero-order valence-electron chi connectivity index (χ0n) is 13.3. The molecule has 2 N–H and O–H groups in total.